The summed E-state index contributed by atoms with van der Waals surface area (Å²) in [6, 6.07) is 8.47. The smallest absolute Gasteiger partial charge is 0.227 e. The van der Waals surface area contributed by atoms with Crippen LogP contribution in [0.25, 0.3) is 0 Å². The van der Waals surface area contributed by atoms with Crippen LogP contribution in [0.1, 0.15) is 19.4 Å². The van der Waals surface area contributed by atoms with Gasteiger partial charge in [0.25, 0.3) is 0 Å². The third-order valence-electron chi connectivity index (χ3n) is 3.87. The average molecular weight is 334 g/mol. The van der Waals surface area contributed by atoms with E-state index in [9.17, 15) is 4.79 Å². The van der Waals surface area contributed by atoms with Crippen molar-refractivity contribution < 1.29 is 4.79 Å². The van der Waals surface area contributed by atoms with Crippen LogP contribution < -0.4 is 10.6 Å². The molecule has 1 aromatic carbocycles. The topological polar surface area (TPSA) is 49.6 Å². The lowest BCUT2D eigenvalue weighted by Gasteiger charge is -2.30. The predicted molar refractivity (Wildman–Crippen MR) is 92.4 cm³/mol. The number of likely N-dealkylation sites (N-methyl/N-ethyl adjacent to an activating group) is 1. The van der Waals surface area contributed by atoms with Crippen molar-refractivity contribution in [2.45, 2.75) is 26.4 Å². The zero-order chi connectivity index (χ0) is 14.0. The van der Waals surface area contributed by atoms with Gasteiger partial charge in [0, 0.05) is 44.3 Å². The highest BCUT2D eigenvalue weighted by Gasteiger charge is 2.28. The molecule has 0 radical (unpaired) electrons. The van der Waals surface area contributed by atoms with Gasteiger partial charge in [-0.3, -0.25) is 4.79 Å². The predicted octanol–water partition coefficient (Wildman–Crippen LogP) is 2.29. The number of benzene rings is 1. The third-order valence-corrected chi connectivity index (χ3v) is 3.87. The molecule has 21 heavy (non-hydrogen) atoms. The monoisotopic (exact) mass is 333 g/mol. The summed E-state index contributed by atoms with van der Waals surface area (Å²) >= 11 is 0. The van der Waals surface area contributed by atoms with Gasteiger partial charge in [-0.15, -0.1) is 24.8 Å². The Balaban J connectivity index is 0.00000200. The Bertz CT molecular complexity index is 470. The summed E-state index contributed by atoms with van der Waals surface area (Å²) in [5, 5.41) is 0. The van der Waals surface area contributed by atoms with Crippen molar-refractivity contribution in [1.29, 1.82) is 0 Å². The van der Waals surface area contributed by atoms with Gasteiger partial charge in [-0.1, -0.05) is 25.1 Å². The fourth-order valence-corrected chi connectivity index (χ4v) is 2.63. The molecule has 0 aliphatic carbocycles. The molecule has 0 aromatic heterocycles. The number of hydrogen-bond donors (Lipinski definition) is 1. The first-order chi connectivity index (χ1) is 9.04. The van der Waals surface area contributed by atoms with Gasteiger partial charge in [0.15, 0.2) is 0 Å². The molecule has 1 amide bonds. The van der Waals surface area contributed by atoms with E-state index in [2.05, 4.69) is 31.0 Å². The van der Waals surface area contributed by atoms with E-state index >= 15 is 0 Å². The number of fused-ring (bicyclic) bond motifs is 1. The number of nitrogens with zero attached hydrogens (tertiary/aromatic N) is 2. The third kappa shape index (κ3) is 4.25. The number of carbonyl (C=O) groups excluding carboxylic acids is 1. The molecule has 0 fully saturated rings. The van der Waals surface area contributed by atoms with E-state index in [-0.39, 0.29) is 42.7 Å². The average Bonchev–Trinajstić information content (AvgIpc) is 2.54. The second-order valence-corrected chi connectivity index (χ2v) is 5.46. The number of anilines is 1. The van der Waals surface area contributed by atoms with Crippen LogP contribution in [-0.2, 0) is 11.3 Å². The fraction of sp³-hybridized carbons (Fsp3) is 0.533. The van der Waals surface area contributed by atoms with Gasteiger partial charge >= 0.3 is 0 Å². The summed E-state index contributed by atoms with van der Waals surface area (Å²) in [6.45, 7) is 5.92. The van der Waals surface area contributed by atoms with E-state index in [0.29, 0.717) is 13.1 Å². The molecule has 0 saturated carbocycles. The van der Waals surface area contributed by atoms with E-state index in [1.54, 1.807) is 0 Å². The molecule has 120 valence electrons. The maximum absolute atomic E-state index is 12.4. The maximum Gasteiger partial charge on any atom is 0.227 e. The Morgan fingerprint density at radius 1 is 1.38 bits per heavy atom. The van der Waals surface area contributed by atoms with Gasteiger partial charge in [-0.05, 0) is 18.6 Å². The standard InChI is InChI=1S/C15H23N3O.2ClH/c1-11(8-16)15(19)18-10-13-6-4-5-7-14(13)17(3)9-12(18)2;;/h4-7,11-12H,8-10,16H2,1-3H3;2*1H. The molecular weight excluding hydrogens is 309 g/mol. The van der Waals surface area contributed by atoms with Crippen LogP contribution in [-0.4, -0.2) is 37.0 Å². The summed E-state index contributed by atoms with van der Waals surface area (Å²) in [4.78, 5) is 16.6. The van der Waals surface area contributed by atoms with Gasteiger partial charge in [0.05, 0.1) is 0 Å². The van der Waals surface area contributed by atoms with Crippen LogP contribution in [0.15, 0.2) is 24.3 Å². The number of nitrogens with two attached hydrogens (primary N) is 1. The number of para-hydroxylation sites is 1. The summed E-state index contributed by atoms with van der Waals surface area (Å²) < 4.78 is 0. The van der Waals surface area contributed by atoms with Crippen molar-refractivity contribution in [3.8, 4) is 0 Å². The van der Waals surface area contributed by atoms with Crippen LogP contribution in [0.3, 0.4) is 0 Å². The lowest BCUT2D eigenvalue weighted by molar-refractivity contribution is -0.137. The Morgan fingerprint density at radius 3 is 2.62 bits per heavy atom. The normalized spacial score (nSPS) is 18.8. The highest BCUT2D eigenvalue weighted by Crippen LogP contribution is 2.26. The number of carbonyl (C=O) groups is 1. The SMILES string of the molecule is CC(CN)C(=O)N1Cc2ccccc2N(C)CC1C.Cl.Cl. The first-order valence-electron chi connectivity index (χ1n) is 6.84. The zero-order valence-corrected chi connectivity index (χ0v) is 14.4. The molecule has 1 aromatic rings. The van der Waals surface area contributed by atoms with Crippen LogP contribution in [0.5, 0.6) is 0 Å². The van der Waals surface area contributed by atoms with Crippen LogP contribution in [0, 0.1) is 5.92 Å². The summed E-state index contributed by atoms with van der Waals surface area (Å²) in [5.74, 6) is 0.0399. The van der Waals surface area contributed by atoms with E-state index in [4.69, 9.17) is 5.73 Å². The molecule has 4 nitrogen and oxygen atoms in total. The van der Waals surface area contributed by atoms with Crippen molar-refractivity contribution >= 4 is 36.4 Å². The Hall–Kier alpha value is -0.970. The Labute approximate surface area is 139 Å². The van der Waals surface area contributed by atoms with Gasteiger partial charge < -0.3 is 15.5 Å². The highest BCUT2D eigenvalue weighted by molar-refractivity contribution is 5.85. The van der Waals surface area contributed by atoms with E-state index in [0.717, 1.165) is 6.54 Å². The van der Waals surface area contributed by atoms with Crippen LogP contribution in [0.2, 0.25) is 0 Å². The quantitative estimate of drug-likeness (QED) is 0.903. The van der Waals surface area contributed by atoms with Crippen LogP contribution >= 0.6 is 24.8 Å². The number of halogens is 2. The summed E-state index contributed by atoms with van der Waals surface area (Å²) in [7, 11) is 2.08. The molecular formula is C15H25Cl2N3O. The molecule has 0 bridgehead atoms. The minimum absolute atomic E-state index is 0. The molecule has 2 atom stereocenters. The molecule has 1 heterocycles. The largest absolute Gasteiger partial charge is 0.372 e. The Kier molecular flexibility index (Phi) is 8.08. The lowest BCUT2D eigenvalue weighted by atomic mass is 10.1. The van der Waals surface area contributed by atoms with E-state index < -0.39 is 0 Å². The van der Waals surface area contributed by atoms with Crippen molar-refractivity contribution in [1.82, 2.24) is 4.90 Å². The summed E-state index contributed by atoms with van der Waals surface area (Å²) in [5.41, 5.74) is 8.04. The number of amides is 1. The molecule has 2 N–H and O–H groups in total. The zero-order valence-electron chi connectivity index (χ0n) is 12.8. The molecule has 2 unspecified atom stereocenters. The number of rotatable bonds is 2. The number of hydrogen-bond acceptors (Lipinski definition) is 3. The fourth-order valence-electron chi connectivity index (χ4n) is 2.63. The van der Waals surface area contributed by atoms with Gasteiger partial charge in [-0.2, -0.15) is 0 Å². The lowest BCUT2D eigenvalue weighted by Crippen LogP contribution is -2.45. The van der Waals surface area contributed by atoms with Gasteiger partial charge in [0.1, 0.15) is 0 Å². The van der Waals surface area contributed by atoms with Crippen molar-refractivity contribution in [3.63, 3.8) is 0 Å². The molecule has 6 heteroatoms. The highest BCUT2D eigenvalue weighted by atomic mass is 35.5. The minimum Gasteiger partial charge on any atom is -0.372 e. The maximum atomic E-state index is 12.4. The molecule has 1 aliphatic rings. The van der Waals surface area contributed by atoms with E-state index in [1.165, 1.54) is 11.3 Å². The van der Waals surface area contributed by atoms with E-state index in [1.807, 2.05) is 24.0 Å². The molecule has 1 aliphatic heterocycles. The van der Waals surface area contributed by atoms with Gasteiger partial charge in [-0.25, -0.2) is 0 Å². The minimum atomic E-state index is -0.113. The van der Waals surface area contributed by atoms with Crippen LogP contribution in [0.4, 0.5) is 5.69 Å². The Morgan fingerprint density at radius 2 is 2.00 bits per heavy atom. The first-order valence-corrected chi connectivity index (χ1v) is 6.84. The second-order valence-electron chi connectivity index (χ2n) is 5.46. The first kappa shape index (κ1) is 20.0. The van der Waals surface area contributed by atoms with Crippen molar-refractivity contribution in [2.75, 3.05) is 25.0 Å². The summed E-state index contributed by atoms with van der Waals surface area (Å²) in [6.07, 6.45) is 0. The second kappa shape index (κ2) is 8.47. The van der Waals surface area contributed by atoms with Crippen molar-refractivity contribution in [3.05, 3.63) is 29.8 Å². The van der Waals surface area contributed by atoms with Gasteiger partial charge in [0.2, 0.25) is 5.91 Å². The molecule has 0 saturated heterocycles. The molecule has 0 spiro atoms. The molecule has 2 rings (SSSR count). The van der Waals surface area contributed by atoms with Crippen molar-refractivity contribution in [2.24, 2.45) is 11.7 Å².